The highest BCUT2D eigenvalue weighted by Gasteiger charge is 2.16. The van der Waals surface area contributed by atoms with Crippen LogP contribution in [0.25, 0.3) is 10.2 Å². The molecule has 0 saturated heterocycles. The van der Waals surface area contributed by atoms with Gasteiger partial charge in [-0.25, -0.2) is 4.98 Å². The molecule has 0 unspecified atom stereocenters. The Balaban J connectivity index is 1.50. The molecule has 4 aromatic rings. The zero-order valence-electron chi connectivity index (χ0n) is 15.0. The molecule has 4 rings (SSSR count). The van der Waals surface area contributed by atoms with E-state index in [1.54, 1.807) is 16.8 Å². The Morgan fingerprint density at radius 3 is 2.81 bits per heavy atom. The molecule has 8 heteroatoms. The van der Waals surface area contributed by atoms with E-state index in [9.17, 15) is 4.79 Å². The number of furan rings is 1. The first-order valence-corrected chi connectivity index (χ1v) is 9.57. The molecule has 0 fully saturated rings. The largest absolute Gasteiger partial charge is 0.454 e. The van der Waals surface area contributed by atoms with E-state index in [2.05, 4.69) is 15.4 Å². The van der Waals surface area contributed by atoms with Crippen molar-refractivity contribution in [1.29, 1.82) is 0 Å². The van der Waals surface area contributed by atoms with E-state index in [1.165, 1.54) is 11.3 Å². The van der Waals surface area contributed by atoms with Crippen LogP contribution in [0.2, 0.25) is 5.02 Å². The lowest BCUT2D eigenvalue weighted by Gasteiger charge is -2.02. The number of hydrogen-bond acceptors (Lipinski definition) is 5. The normalized spacial score (nSPS) is 11.3. The van der Waals surface area contributed by atoms with Crippen molar-refractivity contribution in [2.45, 2.75) is 27.3 Å². The second-order valence-corrected chi connectivity index (χ2v) is 7.76. The minimum atomic E-state index is -0.330. The lowest BCUT2D eigenvalue weighted by molar-refractivity contribution is 0.0994. The number of halogens is 1. The zero-order valence-corrected chi connectivity index (χ0v) is 16.6. The van der Waals surface area contributed by atoms with Crippen LogP contribution in [0.4, 0.5) is 5.13 Å². The average Bonchev–Trinajstić information content (AvgIpc) is 3.30. The third-order valence-electron chi connectivity index (χ3n) is 4.25. The van der Waals surface area contributed by atoms with Crippen molar-refractivity contribution in [3.8, 4) is 0 Å². The van der Waals surface area contributed by atoms with Gasteiger partial charge in [-0.15, -0.1) is 0 Å². The Bertz CT molecular complexity index is 1160. The SMILES string of the molecule is Cc1ccc2nc(NC(=O)c3ccc(Cn4nc(C)c(Cl)c4C)o3)sc2c1. The van der Waals surface area contributed by atoms with Crippen LogP contribution in [0.1, 0.15) is 33.3 Å². The Morgan fingerprint density at radius 2 is 2.07 bits per heavy atom. The van der Waals surface area contributed by atoms with Crippen LogP contribution in [0.3, 0.4) is 0 Å². The summed E-state index contributed by atoms with van der Waals surface area (Å²) in [6.45, 7) is 6.19. The number of carbonyl (C=O) groups is 1. The quantitative estimate of drug-likeness (QED) is 0.525. The van der Waals surface area contributed by atoms with Crippen LogP contribution < -0.4 is 5.32 Å². The minimum Gasteiger partial charge on any atom is -0.454 e. The number of aryl methyl sites for hydroxylation is 2. The molecule has 0 aliphatic carbocycles. The molecule has 1 amide bonds. The summed E-state index contributed by atoms with van der Waals surface area (Å²) >= 11 is 7.61. The maximum absolute atomic E-state index is 12.5. The molecule has 138 valence electrons. The monoisotopic (exact) mass is 400 g/mol. The summed E-state index contributed by atoms with van der Waals surface area (Å²) in [5, 5.41) is 8.36. The fraction of sp³-hybridized carbons (Fsp3) is 0.211. The van der Waals surface area contributed by atoms with Crippen LogP contribution in [-0.4, -0.2) is 20.7 Å². The van der Waals surface area contributed by atoms with Gasteiger partial charge in [0.05, 0.1) is 33.2 Å². The third-order valence-corrected chi connectivity index (χ3v) is 5.73. The van der Waals surface area contributed by atoms with Crippen molar-refractivity contribution in [3.63, 3.8) is 0 Å². The van der Waals surface area contributed by atoms with E-state index in [-0.39, 0.29) is 11.7 Å². The Kier molecular flexibility index (Phi) is 4.49. The highest BCUT2D eigenvalue weighted by Crippen LogP contribution is 2.27. The van der Waals surface area contributed by atoms with Crippen molar-refractivity contribution >= 4 is 44.2 Å². The summed E-state index contributed by atoms with van der Waals surface area (Å²) in [5.41, 5.74) is 3.65. The maximum atomic E-state index is 12.5. The second kappa shape index (κ2) is 6.83. The molecule has 27 heavy (non-hydrogen) atoms. The maximum Gasteiger partial charge on any atom is 0.293 e. The Labute approximate surface area is 164 Å². The summed E-state index contributed by atoms with van der Waals surface area (Å²) in [7, 11) is 0. The fourth-order valence-corrected chi connectivity index (χ4v) is 3.90. The predicted octanol–water partition coefficient (Wildman–Crippen LogP) is 4.97. The van der Waals surface area contributed by atoms with Gasteiger partial charge in [-0.3, -0.25) is 14.8 Å². The van der Waals surface area contributed by atoms with Gasteiger partial charge in [0.25, 0.3) is 5.91 Å². The standard InChI is InChI=1S/C19H17ClN4O2S/c1-10-4-6-14-16(8-10)27-19(21-14)22-18(25)15-7-5-13(26-15)9-24-12(3)17(20)11(2)23-24/h4-8H,9H2,1-3H3,(H,21,22,25). The lowest BCUT2D eigenvalue weighted by atomic mass is 10.2. The van der Waals surface area contributed by atoms with Crippen molar-refractivity contribution in [2.24, 2.45) is 0 Å². The van der Waals surface area contributed by atoms with Crippen LogP contribution in [0, 0.1) is 20.8 Å². The first-order valence-electron chi connectivity index (χ1n) is 8.37. The number of fused-ring (bicyclic) bond motifs is 1. The molecule has 0 atom stereocenters. The lowest BCUT2D eigenvalue weighted by Crippen LogP contribution is -2.10. The van der Waals surface area contributed by atoms with Crippen molar-refractivity contribution in [2.75, 3.05) is 5.32 Å². The number of benzene rings is 1. The van der Waals surface area contributed by atoms with Gasteiger partial charge in [0.2, 0.25) is 0 Å². The van der Waals surface area contributed by atoms with Gasteiger partial charge < -0.3 is 4.42 Å². The van der Waals surface area contributed by atoms with Crippen LogP contribution >= 0.6 is 22.9 Å². The van der Waals surface area contributed by atoms with Crippen LogP contribution in [0.15, 0.2) is 34.7 Å². The van der Waals surface area contributed by atoms with Gasteiger partial charge in [-0.1, -0.05) is 29.0 Å². The second-order valence-electron chi connectivity index (χ2n) is 6.35. The van der Waals surface area contributed by atoms with E-state index in [0.717, 1.165) is 27.2 Å². The van der Waals surface area contributed by atoms with Crippen LogP contribution in [-0.2, 0) is 6.54 Å². The topological polar surface area (TPSA) is 73.0 Å². The summed E-state index contributed by atoms with van der Waals surface area (Å²) < 4.78 is 8.47. The van der Waals surface area contributed by atoms with Crippen molar-refractivity contribution in [1.82, 2.24) is 14.8 Å². The molecule has 0 spiro atoms. The molecular weight excluding hydrogens is 384 g/mol. The van der Waals surface area contributed by atoms with Gasteiger partial charge in [-0.2, -0.15) is 5.10 Å². The zero-order chi connectivity index (χ0) is 19.1. The molecular formula is C19H17ClN4O2S. The number of amides is 1. The molecule has 1 N–H and O–H groups in total. The number of aromatic nitrogens is 3. The number of hydrogen-bond donors (Lipinski definition) is 1. The highest BCUT2D eigenvalue weighted by molar-refractivity contribution is 7.22. The van der Waals surface area contributed by atoms with Gasteiger partial charge in [0.15, 0.2) is 10.9 Å². The molecule has 3 aromatic heterocycles. The smallest absolute Gasteiger partial charge is 0.293 e. The molecule has 1 aromatic carbocycles. The average molecular weight is 401 g/mol. The van der Waals surface area contributed by atoms with Gasteiger partial charge in [-0.05, 0) is 50.6 Å². The Morgan fingerprint density at radius 1 is 1.26 bits per heavy atom. The molecule has 3 heterocycles. The van der Waals surface area contributed by atoms with Gasteiger partial charge in [0, 0.05) is 0 Å². The summed E-state index contributed by atoms with van der Waals surface area (Å²) in [6, 6.07) is 9.41. The predicted molar refractivity (Wildman–Crippen MR) is 107 cm³/mol. The van der Waals surface area contributed by atoms with Gasteiger partial charge >= 0.3 is 0 Å². The van der Waals surface area contributed by atoms with Gasteiger partial charge in [0.1, 0.15) is 5.76 Å². The van der Waals surface area contributed by atoms with Crippen molar-refractivity contribution in [3.05, 3.63) is 63.8 Å². The summed E-state index contributed by atoms with van der Waals surface area (Å²) in [6.07, 6.45) is 0. The molecule has 0 aliphatic rings. The summed E-state index contributed by atoms with van der Waals surface area (Å²) in [5.74, 6) is 0.527. The molecule has 0 radical (unpaired) electrons. The highest BCUT2D eigenvalue weighted by atomic mass is 35.5. The number of anilines is 1. The molecule has 0 aliphatic heterocycles. The Hall–Kier alpha value is -2.64. The van der Waals surface area contributed by atoms with Crippen LogP contribution in [0.5, 0.6) is 0 Å². The van der Waals surface area contributed by atoms with E-state index >= 15 is 0 Å². The fourth-order valence-electron chi connectivity index (χ4n) is 2.81. The van der Waals surface area contributed by atoms with E-state index in [4.69, 9.17) is 16.0 Å². The third kappa shape index (κ3) is 3.48. The van der Waals surface area contributed by atoms with E-state index in [1.807, 2.05) is 39.0 Å². The first-order chi connectivity index (χ1) is 12.9. The van der Waals surface area contributed by atoms with E-state index < -0.39 is 0 Å². The number of carbonyl (C=O) groups excluding carboxylic acids is 1. The molecule has 0 saturated carbocycles. The number of nitrogens with zero attached hydrogens (tertiary/aromatic N) is 3. The minimum absolute atomic E-state index is 0.230. The molecule has 0 bridgehead atoms. The first kappa shape index (κ1) is 17.8. The van der Waals surface area contributed by atoms with Crippen molar-refractivity contribution < 1.29 is 9.21 Å². The summed E-state index contributed by atoms with van der Waals surface area (Å²) in [4.78, 5) is 16.9. The molecule has 6 nitrogen and oxygen atoms in total. The number of nitrogens with one attached hydrogen (secondary N) is 1. The number of rotatable bonds is 4. The van der Waals surface area contributed by atoms with E-state index in [0.29, 0.717) is 22.5 Å². The number of thiazole rings is 1.